The highest BCUT2D eigenvalue weighted by Gasteiger charge is 2.63. The number of hydrogen-bond acceptors (Lipinski definition) is 3. The molecule has 1 aromatic carbocycles. The minimum atomic E-state index is -3.32. The monoisotopic (exact) mass is 322 g/mol. The zero-order valence-corrected chi connectivity index (χ0v) is 13.6. The molecular formula is C17H22O4S. The van der Waals surface area contributed by atoms with E-state index in [0.29, 0.717) is 17.9 Å². The second-order valence-electron chi connectivity index (χ2n) is 6.79. The molecule has 2 fully saturated rings. The predicted molar refractivity (Wildman–Crippen MR) is 83.5 cm³/mol. The molecule has 0 saturated heterocycles. The average molecular weight is 322 g/mol. The highest BCUT2D eigenvalue weighted by molar-refractivity contribution is 7.90. The lowest BCUT2D eigenvalue weighted by molar-refractivity contribution is -0.140. The van der Waals surface area contributed by atoms with Crippen LogP contribution in [-0.2, 0) is 20.0 Å². The summed E-state index contributed by atoms with van der Waals surface area (Å²) in [5.41, 5.74) is -0.221. The molecule has 1 N–H and O–H groups in total. The lowest BCUT2D eigenvalue weighted by Crippen LogP contribution is -2.26. The van der Waals surface area contributed by atoms with Crippen LogP contribution < -0.4 is 0 Å². The highest BCUT2D eigenvalue weighted by Crippen LogP contribution is 2.60. The molecule has 2 saturated carbocycles. The molecule has 5 heteroatoms. The van der Waals surface area contributed by atoms with Crippen LogP contribution in [0.25, 0.3) is 0 Å². The number of sulfone groups is 1. The molecule has 2 aliphatic rings. The van der Waals surface area contributed by atoms with Crippen molar-refractivity contribution in [3.63, 3.8) is 0 Å². The van der Waals surface area contributed by atoms with Gasteiger partial charge in [-0.3, -0.25) is 4.79 Å². The first kappa shape index (κ1) is 15.5. The molecule has 0 aromatic heterocycles. The van der Waals surface area contributed by atoms with Crippen molar-refractivity contribution in [2.45, 2.75) is 48.8 Å². The van der Waals surface area contributed by atoms with Crippen molar-refractivity contribution in [1.29, 1.82) is 0 Å². The summed E-state index contributed by atoms with van der Waals surface area (Å²) >= 11 is 0. The Bertz CT molecular complexity index is 688. The van der Waals surface area contributed by atoms with E-state index < -0.39 is 21.2 Å². The van der Waals surface area contributed by atoms with Gasteiger partial charge in [0.25, 0.3) is 0 Å². The lowest BCUT2D eigenvalue weighted by atomic mass is 9.80. The number of carboxylic acids is 1. The number of benzene rings is 1. The van der Waals surface area contributed by atoms with Crippen molar-refractivity contribution in [3.8, 4) is 0 Å². The standard InChI is InChI=1S/C17H22O4S/c1-22(20,21)14-9-5-8-13(10-14)17(16(18)19)11-15(17)12-6-3-2-4-7-12/h5,8-10,12,15H,2-4,6-7,11H2,1H3,(H,18,19). The molecule has 22 heavy (non-hydrogen) atoms. The zero-order chi connectivity index (χ0) is 16.0. The van der Waals surface area contributed by atoms with Gasteiger partial charge < -0.3 is 5.11 Å². The summed E-state index contributed by atoms with van der Waals surface area (Å²) in [5, 5.41) is 9.80. The van der Waals surface area contributed by atoms with Crippen LogP contribution in [0.4, 0.5) is 0 Å². The van der Waals surface area contributed by atoms with Gasteiger partial charge in [-0.05, 0) is 36.0 Å². The van der Waals surface area contributed by atoms with Gasteiger partial charge in [-0.25, -0.2) is 8.42 Å². The van der Waals surface area contributed by atoms with E-state index >= 15 is 0 Å². The summed E-state index contributed by atoms with van der Waals surface area (Å²) in [6.45, 7) is 0. The smallest absolute Gasteiger partial charge is 0.314 e. The molecule has 3 rings (SSSR count). The fraction of sp³-hybridized carbons (Fsp3) is 0.588. The molecule has 0 heterocycles. The first-order valence-corrected chi connectivity index (χ1v) is 9.79. The van der Waals surface area contributed by atoms with E-state index in [1.165, 1.54) is 25.3 Å². The summed E-state index contributed by atoms with van der Waals surface area (Å²) in [6.07, 6.45) is 7.61. The quantitative estimate of drug-likeness (QED) is 0.925. The number of carbonyl (C=O) groups is 1. The summed E-state index contributed by atoms with van der Waals surface area (Å²) in [6, 6.07) is 6.52. The second-order valence-corrected chi connectivity index (χ2v) is 8.80. The number of carboxylic acid groups (broad SMARTS) is 1. The van der Waals surface area contributed by atoms with Crippen LogP contribution >= 0.6 is 0 Å². The van der Waals surface area contributed by atoms with Gasteiger partial charge in [0.2, 0.25) is 0 Å². The molecule has 120 valence electrons. The van der Waals surface area contributed by atoms with Gasteiger partial charge in [0.05, 0.1) is 10.3 Å². The van der Waals surface area contributed by atoms with Crippen LogP contribution in [0.5, 0.6) is 0 Å². The Labute approximate surface area is 131 Å². The molecule has 0 spiro atoms. The Morgan fingerprint density at radius 2 is 1.91 bits per heavy atom. The first-order chi connectivity index (χ1) is 10.4. The van der Waals surface area contributed by atoms with Gasteiger partial charge >= 0.3 is 5.97 Å². The van der Waals surface area contributed by atoms with E-state index in [-0.39, 0.29) is 10.8 Å². The van der Waals surface area contributed by atoms with Crippen molar-refractivity contribution in [2.24, 2.45) is 11.8 Å². The minimum absolute atomic E-state index is 0.153. The Kier molecular flexibility index (Phi) is 3.79. The van der Waals surface area contributed by atoms with Gasteiger partial charge in [0.1, 0.15) is 0 Å². The van der Waals surface area contributed by atoms with Gasteiger partial charge in [-0.2, -0.15) is 0 Å². The van der Waals surface area contributed by atoms with Crippen molar-refractivity contribution in [2.75, 3.05) is 6.26 Å². The van der Waals surface area contributed by atoms with Crippen molar-refractivity contribution in [1.82, 2.24) is 0 Å². The molecule has 0 amide bonds. The maximum Gasteiger partial charge on any atom is 0.314 e. The van der Waals surface area contributed by atoms with E-state index in [1.54, 1.807) is 18.2 Å². The molecule has 4 nitrogen and oxygen atoms in total. The van der Waals surface area contributed by atoms with Crippen molar-refractivity contribution in [3.05, 3.63) is 29.8 Å². The molecule has 2 atom stereocenters. The van der Waals surface area contributed by atoms with Gasteiger partial charge in [0, 0.05) is 6.26 Å². The first-order valence-electron chi connectivity index (χ1n) is 7.90. The Morgan fingerprint density at radius 1 is 1.23 bits per heavy atom. The third-order valence-corrected chi connectivity index (χ3v) is 6.50. The Hall–Kier alpha value is -1.36. The largest absolute Gasteiger partial charge is 0.481 e. The topological polar surface area (TPSA) is 71.4 Å². The van der Waals surface area contributed by atoms with Crippen LogP contribution in [0, 0.1) is 11.8 Å². The fourth-order valence-electron chi connectivity index (χ4n) is 4.10. The summed E-state index contributed by atoms with van der Waals surface area (Å²) in [5.74, 6) is -0.194. The molecular weight excluding hydrogens is 300 g/mol. The van der Waals surface area contributed by atoms with Crippen molar-refractivity contribution < 1.29 is 18.3 Å². The van der Waals surface area contributed by atoms with E-state index in [1.807, 2.05) is 0 Å². The van der Waals surface area contributed by atoms with Crippen LogP contribution in [-0.4, -0.2) is 25.7 Å². The molecule has 2 aliphatic carbocycles. The Morgan fingerprint density at radius 3 is 2.50 bits per heavy atom. The van der Waals surface area contributed by atoms with Crippen LogP contribution in [0.3, 0.4) is 0 Å². The van der Waals surface area contributed by atoms with E-state index in [2.05, 4.69) is 0 Å². The molecule has 0 bridgehead atoms. The zero-order valence-electron chi connectivity index (χ0n) is 12.8. The number of hydrogen-bond donors (Lipinski definition) is 1. The molecule has 1 aromatic rings. The third kappa shape index (κ3) is 2.56. The van der Waals surface area contributed by atoms with E-state index in [0.717, 1.165) is 19.1 Å². The SMILES string of the molecule is CS(=O)(=O)c1cccc(C2(C(=O)O)CC2C2CCCCC2)c1. The fourth-order valence-corrected chi connectivity index (χ4v) is 4.77. The van der Waals surface area contributed by atoms with Gasteiger partial charge in [-0.15, -0.1) is 0 Å². The Balaban J connectivity index is 1.95. The van der Waals surface area contributed by atoms with Crippen LogP contribution in [0.2, 0.25) is 0 Å². The molecule has 2 unspecified atom stereocenters. The summed E-state index contributed by atoms with van der Waals surface area (Å²) in [7, 11) is -3.32. The summed E-state index contributed by atoms with van der Waals surface area (Å²) in [4.78, 5) is 12.2. The van der Waals surface area contributed by atoms with Gasteiger partial charge in [0.15, 0.2) is 9.84 Å². The maximum absolute atomic E-state index is 11.9. The highest BCUT2D eigenvalue weighted by atomic mass is 32.2. The number of rotatable bonds is 4. The lowest BCUT2D eigenvalue weighted by Gasteiger charge is -2.24. The normalized spacial score (nSPS) is 29.2. The molecule has 0 radical (unpaired) electrons. The maximum atomic E-state index is 11.9. The van der Waals surface area contributed by atoms with Crippen LogP contribution in [0.15, 0.2) is 29.2 Å². The number of aliphatic carboxylic acids is 1. The molecule has 0 aliphatic heterocycles. The third-order valence-electron chi connectivity index (χ3n) is 5.39. The minimum Gasteiger partial charge on any atom is -0.481 e. The predicted octanol–water partition coefficient (Wildman–Crippen LogP) is 3.01. The van der Waals surface area contributed by atoms with Gasteiger partial charge in [-0.1, -0.05) is 44.2 Å². The average Bonchev–Trinajstić information content (AvgIpc) is 3.24. The summed E-state index contributed by atoms with van der Waals surface area (Å²) < 4.78 is 23.5. The van der Waals surface area contributed by atoms with Crippen LogP contribution in [0.1, 0.15) is 44.1 Å². The second kappa shape index (κ2) is 5.37. The van der Waals surface area contributed by atoms with Crippen molar-refractivity contribution >= 4 is 15.8 Å². The van der Waals surface area contributed by atoms with E-state index in [9.17, 15) is 18.3 Å². The van der Waals surface area contributed by atoms with E-state index in [4.69, 9.17) is 0 Å².